The number of halogens is 1. The fraction of sp³-hybridized carbons (Fsp3) is 0.318. The minimum atomic E-state index is -0.190. The molecule has 26 heavy (non-hydrogen) atoms. The lowest BCUT2D eigenvalue weighted by Gasteiger charge is -2.41. The predicted molar refractivity (Wildman–Crippen MR) is 108 cm³/mol. The van der Waals surface area contributed by atoms with Crippen LogP contribution in [0.3, 0.4) is 0 Å². The van der Waals surface area contributed by atoms with E-state index >= 15 is 0 Å². The number of hydrazine groups is 1. The molecule has 1 saturated heterocycles. The Labute approximate surface area is 162 Å². The highest BCUT2D eigenvalue weighted by Crippen LogP contribution is 2.48. The summed E-state index contributed by atoms with van der Waals surface area (Å²) in [5.74, 6) is 0.256. The summed E-state index contributed by atoms with van der Waals surface area (Å²) in [6, 6.07) is 17.0. The molecule has 5 rings (SSSR count). The molecule has 4 heteroatoms. The zero-order valence-electron chi connectivity index (χ0n) is 14.6. The maximum Gasteiger partial charge on any atom is 0.243 e. The number of hydrogen-bond acceptors (Lipinski definition) is 2. The van der Waals surface area contributed by atoms with Crippen LogP contribution in [0.15, 0.2) is 59.1 Å². The van der Waals surface area contributed by atoms with E-state index in [0.29, 0.717) is 6.42 Å². The first-order valence-corrected chi connectivity index (χ1v) is 10.2. The van der Waals surface area contributed by atoms with Crippen LogP contribution in [-0.2, 0) is 4.79 Å². The van der Waals surface area contributed by atoms with Gasteiger partial charge in [-0.3, -0.25) is 9.80 Å². The zero-order chi connectivity index (χ0) is 17.7. The van der Waals surface area contributed by atoms with Crippen molar-refractivity contribution in [3.05, 3.63) is 70.2 Å². The summed E-state index contributed by atoms with van der Waals surface area (Å²) in [5, 5.41) is 4.32. The third-order valence-electron chi connectivity index (χ3n) is 5.93. The summed E-state index contributed by atoms with van der Waals surface area (Å²) in [6.07, 6.45) is 7.43. The lowest BCUT2D eigenvalue weighted by molar-refractivity contribution is -0.132. The Balaban J connectivity index is 1.81. The van der Waals surface area contributed by atoms with Gasteiger partial charge in [-0.25, -0.2) is 5.01 Å². The molecule has 1 saturated carbocycles. The van der Waals surface area contributed by atoms with Crippen LogP contribution in [-0.4, -0.2) is 23.0 Å². The van der Waals surface area contributed by atoms with Crippen molar-refractivity contribution in [2.75, 3.05) is 11.6 Å². The van der Waals surface area contributed by atoms with Crippen LogP contribution in [0, 0.1) is 0 Å². The van der Waals surface area contributed by atoms with E-state index in [4.69, 9.17) is 0 Å². The second kappa shape index (κ2) is 5.98. The molecule has 2 aromatic rings. The van der Waals surface area contributed by atoms with Crippen molar-refractivity contribution >= 4 is 33.1 Å². The highest BCUT2D eigenvalue weighted by molar-refractivity contribution is 9.10. The molecular weight excluding hydrogens is 388 g/mol. The van der Waals surface area contributed by atoms with Crippen molar-refractivity contribution in [1.82, 2.24) is 5.01 Å². The average Bonchev–Trinajstić information content (AvgIpc) is 3.25. The molecule has 0 aromatic heterocycles. The van der Waals surface area contributed by atoms with E-state index in [0.717, 1.165) is 29.5 Å². The van der Waals surface area contributed by atoms with E-state index in [1.54, 1.807) is 0 Å². The second-order valence-corrected chi connectivity index (χ2v) is 8.39. The van der Waals surface area contributed by atoms with Crippen molar-refractivity contribution in [2.24, 2.45) is 0 Å². The Morgan fingerprint density at radius 1 is 1.00 bits per heavy atom. The fourth-order valence-electron chi connectivity index (χ4n) is 4.82. The lowest BCUT2D eigenvalue weighted by atomic mass is 9.88. The molecule has 2 fully saturated rings. The number of amides is 1. The Kier molecular flexibility index (Phi) is 3.71. The molecule has 0 radical (unpaired) electrons. The molecule has 2 aromatic carbocycles. The van der Waals surface area contributed by atoms with Crippen molar-refractivity contribution in [1.29, 1.82) is 0 Å². The van der Waals surface area contributed by atoms with Gasteiger partial charge in [0.25, 0.3) is 0 Å². The number of carbonyl (C=O) groups excluding carboxylic acids is 1. The number of carbonyl (C=O) groups is 1. The monoisotopic (exact) mass is 408 g/mol. The third-order valence-corrected chi connectivity index (χ3v) is 6.42. The van der Waals surface area contributed by atoms with E-state index in [1.165, 1.54) is 29.5 Å². The lowest BCUT2D eigenvalue weighted by Crippen LogP contribution is -2.53. The SMILES string of the molecule is O=C1CCN2c3ccc(Br)cc3C(c3ccccc3)=CC3(CCCC3)N12. The third kappa shape index (κ3) is 2.35. The molecule has 1 aliphatic carbocycles. The maximum atomic E-state index is 12.9. The van der Waals surface area contributed by atoms with Crippen LogP contribution >= 0.6 is 15.9 Å². The minimum absolute atomic E-state index is 0.190. The molecule has 0 unspecified atom stereocenters. The fourth-order valence-corrected chi connectivity index (χ4v) is 5.18. The summed E-state index contributed by atoms with van der Waals surface area (Å²) >= 11 is 3.65. The predicted octanol–water partition coefficient (Wildman–Crippen LogP) is 5.16. The Morgan fingerprint density at radius 3 is 2.54 bits per heavy atom. The Morgan fingerprint density at radius 2 is 1.77 bits per heavy atom. The number of nitrogens with zero attached hydrogens (tertiary/aromatic N) is 2. The van der Waals surface area contributed by atoms with Crippen LogP contribution in [0.1, 0.15) is 43.2 Å². The molecule has 3 nitrogen and oxygen atoms in total. The highest BCUT2D eigenvalue weighted by Gasteiger charge is 2.48. The highest BCUT2D eigenvalue weighted by atomic mass is 79.9. The molecule has 0 bridgehead atoms. The smallest absolute Gasteiger partial charge is 0.243 e. The van der Waals surface area contributed by atoms with E-state index < -0.39 is 0 Å². The number of benzene rings is 2. The average molecular weight is 409 g/mol. The van der Waals surface area contributed by atoms with Crippen LogP contribution in [0.4, 0.5) is 5.69 Å². The molecule has 2 aliphatic heterocycles. The van der Waals surface area contributed by atoms with Gasteiger partial charge in [-0.1, -0.05) is 59.1 Å². The van der Waals surface area contributed by atoms with Gasteiger partial charge in [-0.2, -0.15) is 0 Å². The number of rotatable bonds is 1. The van der Waals surface area contributed by atoms with Crippen molar-refractivity contribution in [3.63, 3.8) is 0 Å². The van der Waals surface area contributed by atoms with Gasteiger partial charge in [0.1, 0.15) is 0 Å². The van der Waals surface area contributed by atoms with Gasteiger partial charge in [-0.15, -0.1) is 0 Å². The zero-order valence-corrected chi connectivity index (χ0v) is 16.2. The summed E-state index contributed by atoms with van der Waals surface area (Å²) in [6.45, 7) is 0.769. The topological polar surface area (TPSA) is 23.6 Å². The van der Waals surface area contributed by atoms with Gasteiger partial charge in [0, 0.05) is 23.0 Å². The summed E-state index contributed by atoms with van der Waals surface area (Å²) in [7, 11) is 0. The van der Waals surface area contributed by atoms with E-state index in [9.17, 15) is 4.79 Å². The Hall–Kier alpha value is -2.07. The van der Waals surface area contributed by atoms with E-state index in [1.807, 2.05) is 0 Å². The van der Waals surface area contributed by atoms with Gasteiger partial charge >= 0.3 is 0 Å². The quantitative estimate of drug-likeness (QED) is 0.650. The molecule has 1 amide bonds. The van der Waals surface area contributed by atoms with Crippen LogP contribution in [0.5, 0.6) is 0 Å². The van der Waals surface area contributed by atoms with E-state index in [2.05, 4.69) is 80.6 Å². The first-order valence-electron chi connectivity index (χ1n) is 9.37. The van der Waals surface area contributed by atoms with Crippen LogP contribution in [0.2, 0.25) is 0 Å². The molecular formula is C22H21BrN2O. The molecule has 3 aliphatic rings. The minimum Gasteiger partial charge on any atom is -0.281 e. The molecule has 0 atom stereocenters. The largest absolute Gasteiger partial charge is 0.281 e. The first kappa shape index (κ1) is 16.1. The normalized spacial score (nSPS) is 20.8. The number of fused-ring (bicyclic) bond motifs is 4. The molecule has 0 N–H and O–H groups in total. The van der Waals surface area contributed by atoms with Gasteiger partial charge in [0.15, 0.2) is 0 Å². The summed E-state index contributed by atoms with van der Waals surface area (Å²) in [5.41, 5.74) is 4.61. The summed E-state index contributed by atoms with van der Waals surface area (Å²) < 4.78 is 1.07. The van der Waals surface area contributed by atoms with Gasteiger partial charge in [0.05, 0.1) is 11.2 Å². The van der Waals surface area contributed by atoms with Gasteiger partial charge in [0.2, 0.25) is 5.91 Å². The van der Waals surface area contributed by atoms with Crippen molar-refractivity contribution in [3.8, 4) is 0 Å². The van der Waals surface area contributed by atoms with E-state index in [-0.39, 0.29) is 11.4 Å². The maximum absolute atomic E-state index is 12.9. The Bertz CT molecular complexity index is 900. The number of hydrogen-bond donors (Lipinski definition) is 0. The van der Waals surface area contributed by atoms with Crippen molar-refractivity contribution < 1.29 is 4.79 Å². The van der Waals surface area contributed by atoms with Crippen molar-refractivity contribution in [2.45, 2.75) is 37.6 Å². The first-order chi connectivity index (χ1) is 12.7. The number of anilines is 1. The molecule has 2 heterocycles. The second-order valence-electron chi connectivity index (χ2n) is 7.47. The van der Waals surface area contributed by atoms with Gasteiger partial charge < -0.3 is 0 Å². The van der Waals surface area contributed by atoms with Crippen LogP contribution < -0.4 is 5.01 Å². The molecule has 132 valence electrons. The van der Waals surface area contributed by atoms with Crippen LogP contribution in [0.25, 0.3) is 5.57 Å². The van der Waals surface area contributed by atoms with Gasteiger partial charge in [-0.05, 0) is 48.3 Å². The molecule has 1 spiro atoms. The summed E-state index contributed by atoms with van der Waals surface area (Å²) in [4.78, 5) is 12.9. The standard InChI is InChI=1S/C22H21BrN2O/c23-17-8-9-20-18(14-17)19(16-6-2-1-3-7-16)15-22(11-4-5-12-22)25-21(26)10-13-24(20)25/h1-3,6-9,14-15H,4-5,10-13H2.